The van der Waals surface area contributed by atoms with Gasteiger partial charge in [0.1, 0.15) is 0 Å². The van der Waals surface area contributed by atoms with Crippen LogP contribution in [0.25, 0.3) is 0 Å². The van der Waals surface area contributed by atoms with Crippen LogP contribution in [-0.4, -0.2) is 47.9 Å². The summed E-state index contributed by atoms with van der Waals surface area (Å²) in [6, 6.07) is 3.84. The van der Waals surface area contributed by atoms with Crippen molar-refractivity contribution in [3.63, 3.8) is 0 Å². The van der Waals surface area contributed by atoms with Crippen LogP contribution in [-0.2, 0) is 17.5 Å². The summed E-state index contributed by atoms with van der Waals surface area (Å²) in [4.78, 5) is 26.6. The van der Waals surface area contributed by atoms with Gasteiger partial charge in [-0.3, -0.25) is 14.6 Å². The summed E-state index contributed by atoms with van der Waals surface area (Å²) >= 11 is 0. The third-order valence-electron chi connectivity index (χ3n) is 3.85. The summed E-state index contributed by atoms with van der Waals surface area (Å²) < 4.78 is 37.6. The number of urea groups is 1. The van der Waals surface area contributed by atoms with Gasteiger partial charge in [-0.15, -0.1) is 0 Å². The van der Waals surface area contributed by atoms with Crippen LogP contribution in [0.5, 0.6) is 0 Å². The highest BCUT2D eigenvalue weighted by Crippen LogP contribution is 2.29. The molecule has 1 aliphatic heterocycles. The molecule has 1 aliphatic rings. The zero-order valence-corrected chi connectivity index (χ0v) is 12.9. The van der Waals surface area contributed by atoms with Gasteiger partial charge in [0.2, 0.25) is 5.91 Å². The molecule has 1 aromatic rings. The van der Waals surface area contributed by atoms with Crippen molar-refractivity contribution in [2.45, 2.75) is 25.7 Å². The molecule has 0 spiro atoms. The molecule has 1 saturated heterocycles. The second kappa shape index (κ2) is 6.57. The van der Waals surface area contributed by atoms with Gasteiger partial charge in [-0.1, -0.05) is 12.1 Å². The molecule has 23 heavy (non-hydrogen) atoms. The lowest BCUT2D eigenvalue weighted by Crippen LogP contribution is -2.46. The quantitative estimate of drug-likeness (QED) is 0.920. The van der Waals surface area contributed by atoms with E-state index in [1.165, 1.54) is 12.1 Å². The lowest BCUT2D eigenvalue weighted by atomic mass is 10.1. The average Bonchev–Trinajstić information content (AvgIpc) is 2.91. The number of carbonyl (C=O) groups is 2. The van der Waals surface area contributed by atoms with Gasteiger partial charge in [0.05, 0.1) is 11.6 Å². The Kier molecular flexibility index (Phi) is 4.93. The number of rotatable bonds is 4. The maximum absolute atomic E-state index is 12.5. The van der Waals surface area contributed by atoms with Crippen LogP contribution in [0.4, 0.5) is 18.0 Å². The smallest absolute Gasteiger partial charge is 0.336 e. The minimum atomic E-state index is -4.36. The molecule has 1 heterocycles. The largest absolute Gasteiger partial charge is 0.416 e. The van der Waals surface area contributed by atoms with Gasteiger partial charge in [0.15, 0.2) is 0 Å². The van der Waals surface area contributed by atoms with E-state index >= 15 is 0 Å². The first kappa shape index (κ1) is 17.3. The Hall–Kier alpha value is -2.09. The van der Waals surface area contributed by atoms with E-state index in [-0.39, 0.29) is 5.91 Å². The van der Waals surface area contributed by atoms with Gasteiger partial charge in [-0.2, -0.15) is 13.2 Å². The van der Waals surface area contributed by atoms with Crippen molar-refractivity contribution >= 4 is 11.9 Å². The summed E-state index contributed by atoms with van der Waals surface area (Å²) in [6.45, 7) is 2.73. The molecule has 1 fully saturated rings. The molecule has 0 bridgehead atoms. The maximum atomic E-state index is 12.5. The normalized spacial score (nSPS) is 16.6. The summed E-state index contributed by atoms with van der Waals surface area (Å²) in [7, 11) is 1.69. The number of hydrogen-bond donors (Lipinski definition) is 1. The van der Waals surface area contributed by atoms with Gasteiger partial charge in [0, 0.05) is 19.6 Å². The first-order chi connectivity index (χ1) is 10.7. The van der Waals surface area contributed by atoms with E-state index in [4.69, 9.17) is 0 Å². The molecule has 0 aromatic heterocycles. The van der Waals surface area contributed by atoms with Crippen LogP contribution >= 0.6 is 0 Å². The van der Waals surface area contributed by atoms with Gasteiger partial charge in [-0.05, 0) is 31.7 Å². The van der Waals surface area contributed by atoms with Crippen LogP contribution in [0.3, 0.4) is 0 Å². The molecule has 8 heteroatoms. The topological polar surface area (TPSA) is 52.7 Å². The number of nitrogens with zero attached hydrogens (tertiary/aromatic N) is 2. The van der Waals surface area contributed by atoms with E-state index in [9.17, 15) is 22.8 Å². The lowest BCUT2D eigenvalue weighted by molar-refractivity contribution is -0.137. The second-order valence-electron chi connectivity index (χ2n) is 5.51. The lowest BCUT2D eigenvalue weighted by Gasteiger charge is -2.26. The van der Waals surface area contributed by atoms with Gasteiger partial charge >= 0.3 is 12.2 Å². The zero-order chi connectivity index (χ0) is 17.2. The SMILES string of the molecule is CC(C(=O)N1CCNC1=O)N(C)Cc1ccc(C(F)(F)F)cc1. The minimum absolute atomic E-state index is 0.306. The molecular weight excluding hydrogens is 311 g/mol. The van der Waals surface area contributed by atoms with E-state index < -0.39 is 23.8 Å². The highest BCUT2D eigenvalue weighted by Gasteiger charge is 2.32. The third-order valence-corrected chi connectivity index (χ3v) is 3.85. The zero-order valence-electron chi connectivity index (χ0n) is 12.9. The summed E-state index contributed by atoms with van der Waals surface area (Å²) in [5, 5.41) is 2.56. The molecule has 5 nitrogen and oxygen atoms in total. The highest BCUT2D eigenvalue weighted by molar-refractivity contribution is 5.98. The summed E-state index contributed by atoms with van der Waals surface area (Å²) in [5.41, 5.74) is -0.0483. The van der Waals surface area contributed by atoms with E-state index in [1.807, 2.05) is 0 Å². The van der Waals surface area contributed by atoms with Gasteiger partial charge in [0.25, 0.3) is 0 Å². The molecule has 1 unspecified atom stereocenters. The Labute approximate surface area is 132 Å². The number of nitrogens with one attached hydrogen (secondary N) is 1. The standard InChI is InChI=1S/C15H18F3N3O2/c1-10(13(22)21-8-7-19-14(21)23)20(2)9-11-3-5-12(6-4-11)15(16,17)18/h3-6,10H,7-9H2,1-2H3,(H,19,23). The van der Waals surface area contributed by atoms with Crippen molar-refractivity contribution in [2.24, 2.45) is 0 Å². The fraction of sp³-hybridized carbons (Fsp3) is 0.467. The van der Waals surface area contributed by atoms with Crippen molar-refractivity contribution in [2.75, 3.05) is 20.1 Å². The number of alkyl halides is 3. The number of halogens is 3. The number of imide groups is 1. The Morgan fingerprint density at radius 2 is 1.96 bits per heavy atom. The summed E-state index contributed by atoms with van der Waals surface area (Å²) in [6.07, 6.45) is -4.36. The monoisotopic (exact) mass is 329 g/mol. The summed E-state index contributed by atoms with van der Waals surface area (Å²) in [5.74, 6) is -0.325. The minimum Gasteiger partial charge on any atom is -0.336 e. The van der Waals surface area contributed by atoms with Crippen molar-refractivity contribution < 1.29 is 22.8 Å². The Balaban J connectivity index is 1.99. The number of carbonyl (C=O) groups excluding carboxylic acids is 2. The van der Waals surface area contributed by atoms with E-state index in [1.54, 1.807) is 18.9 Å². The van der Waals surface area contributed by atoms with Crippen LogP contribution < -0.4 is 5.32 Å². The number of amides is 3. The van der Waals surface area contributed by atoms with Crippen LogP contribution in [0.1, 0.15) is 18.1 Å². The molecule has 1 aromatic carbocycles. The highest BCUT2D eigenvalue weighted by atomic mass is 19.4. The number of likely N-dealkylation sites (N-methyl/N-ethyl adjacent to an activating group) is 1. The van der Waals surface area contributed by atoms with Gasteiger partial charge in [-0.25, -0.2) is 4.79 Å². The third kappa shape index (κ3) is 4.01. The molecule has 126 valence electrons. The first-order valence-corrected chi connectivity index (χ1v) is 7.15. The maximum Gasteiger partial charge on any atom is 0.416 e. The Morgan fingerprint density at radius 3 is 2.43 bits per heavy atom. The van der Waals surface area contributed by atoms with Gasteiger partial charge < -0.3 is 5.32 Å². The fourth-order valence-corrected chi connectivity index (χ4v) is 2.32. The van der Waals surface area contributed by atoms with E-state index in [0.29, 0.717) is 25.2 Å². The van der Waals surface area contributed by atoms with Crippen LogP contribution in [0.15, 0.2) is 24.3 Å². The fourth-order valence-electron chi connectivity index (χ4n) is 2.32. The molecule has 1 atom stereocenters. The van der Waals surface area contributed by atoms with E-state index in [0.717, 1.165) is 17.0 Å². The molecule has 0 aliphatic carbocycles. The molecule has 0 radical (unpaired) electrons. The van der Waals surface area contributed by atoms with Crippen LogP contribution in [0.2, 0.25) is 0 Å². The first-order valence-electron chi connectivity index (χ1n) is 7.15. The molecule has 3 amide bonds. The number of hydrogen-bond acceptors (Lipinski definition) is 3. The Morgan fingerprint density at radius 1 is 1.35 bits per heavy atom. The Bertz CT molecular complexity index is 587. The molecule has 1 N–H and O–H groups in total. The predicted octanol–water partition coefficient (Wildman–Crippen LogP) is 2.08. The van der Waals surface area contributed by atoms with E-state index in [2.05, 4.69) is 5.32 Å². The molecule has 2 rings (SSSR count). The van der Waals surface area contributed by atoms with Crippen molar-refractivity contribution in [1.29, 1.82) is 0 Å². The average molecular weight is 329 g/mol. The molecule has 0 saturated carbocycles. The predicted molar refractivity (Wildman–Crippen MR) is 77.5 cm³/mol. The number of benzene rings is 1. The van der Waals surface area contributed by atoms with Crippen molar-refractivity contribution in [3.05, 3.63) is 35.4 Å². The second-order valence-corrected chi connectivity index (χ2v) is 5.51. The molecular formula is C15H18F3N3O2. The van der Waals surface area contributed by atoms with Crippen molar-refractivity contribution in [1.82, 2.24) is 15.1 Å². The van der Waals surface area contributed by atoms with Crippen molar-refractivity contribution in [3.8, 4) is 0 Å². The van der Waals surface area contributed by atoms with Crippen LogP contribution in [0, 0.1) is 0 Å².